The molecule has 0 radical (unpaired) electrons. The third-order valence-electron chi connectivity index (χ3n) is 10.1. The molecule has 328 valence electrons. The molecule has 0 aliphatic rings. The summed E-state index contributed by atoms with van der Waals surface area (Å²) in [6.45, 7) is 6.42. The lowest BCUT2D eigenvalue weighted by atomic mass is 10.0. The Morgan fingerprint density at radius 3 is 1.07 bits per heavy atom. The molecule has 0 heterocycles. The number of carbonyl (C=O) groups excluding carboxylic acids is 3. The molecule has 0 aliphatic heterocycles. The summed E-state index contributed by atoms with van der Waals surface area (Å²) in [6, 6.07) is 0. The van der Waals surface area contributed by atoms with Gasteiger partial charge in [0.2, 0.25) is 0 Å². The standard InChI is InChI=1S/C51H88O6/c1-4-7-10-13-16-19-22-24-26-28-29-32-35-38-41-44-50(53)56-47-48(46-55-49(52)43-40-37-34-31-21-18-15-12-9-6-3)57-51(54)45-42-39-36-33-30-27-25-23-20-17-14-11-8-5-2/h7,10,16,19,24,26,29,32,38,41,48H,4-6,8-9,11-15,17-18,20-23,25,27-28,30-31,33-37,39-40,42-47H2,1-3H3/b10-7-,19-16-,26-24-,32-29-,41-38-. The molecule has 0 fully saturated rings. The van der Waals surface area contributed by atoms with Gasteiger partial charge in [0.15, 0.2) is 6.10 Å². The van der Waals surface area contributed by atoms with Crippen molar-refractivity contribution in [1.82, 2.24) is 0 Å². The molecule has 1 unspecified atom stereocenters. The van der Waals surface area contributed by atoms with Gasteiger partial charge in [0.1, 0.15) is 13.2 Å². The molecule has 6 heteroatoms. The van der Waals surface area contributed by atoms with Crippen molar-refractivity contribution in [2.45, 2.75) is 232 Å². The molecule has 0 saturated carbocycles. The van der Waals surface area contributed by atoms with Crippen LogP contribution in [-0.2, 0) is 28.6 Å². The van der Waals surface area contributed by atoms with E-state index in [0.29, 0.717) is 12.8 Å². The van der Waals surface area contributed by atoms with Crippen LogP contribution in [0.2, 0.25) is 0 Å². The first kappa shape index (κ1) is 54.1. The quantitative estimate of drug-likeness (QED) is 0.0265. The van der Waals surface area contributed by atoms with Gasteiger partial charge in [-0.25, -0.2) is 0 Å². The minimum absolute atomic E-state index is 0.101. The summed E-state index contributed by atoms with van der Waals surface area (Å²) < 4.78 is 16.6. The number of esters is 3. The van der Waals surface area contributed by atoms with Gasteiger partial charge in [0.05, 0.1) is 6.42 Å². The second-order valence-corrected chi connectivity index (χ2v) is 15.7. The smallest absolute Gasteiger partial charge is 0.309 e. The number of hydrogen-bond acceptors (Lipinski definition) is 6. The molecule has 0 aromatic rings. The van der Waals surface area contributed by atoms with Crippen molar-refractivity contribution >= 4 is 17.9 Å². The number of ether oxygens (including phenoxy) is 3. The highest BCUT2D eigenvalue weighted by atomic mass is 16.6. The number of carbonyl (C=O) groups is 3. The van der Waals surface area contributed by atoms with Crippen molar-refractivity contribution in [3.63, 3.8) is 0 Å². The van der Waals surface area contributed by atoms with Crippen LogP contribution in [0.5, 0.6) is 0 Å². The first-order valence-corrected chi connectivity index (χ1v) is 23.8. The second-order valence-electron chi connectivity index (χ2n) is 15.7. The summed E-state index contributed by atoms with van der Waals surface area (Å²) in [7, 11) is 0. The van der Waals surface area contributed by atoms with Gasteiger partial charge >= 0.3 is 17.9 Å². The van der Waals surface area contributed by atoms with Gasteiger partial charge in [-0.3, -0.25) is 14.4 Å². The van der Waals surface area contributed by atoms with E-state index < -0.39 is 12.1 Å². The first-order chi connectivity index (χ1) is 28.0. The second kappa shape index (κ2) is 45.8. The van der Waals surface area contributed by atoms with Crippen LogP contribution in [0.4, 0.5) is 0 Å². The zero-order chi connectivity index (χ0) is 41.5. The van der Waals surface area contributed by atoms with E-state index in [1.54, 1.807) is 6.08 Å². The van der Waals surface area contributed by atoms with Crippen LogP contribution in [0.25, 0.3) is 0 Å². The zero-order valence-corrected chi connectivity index (χ0v) is 37.3. The van der Waals surface area contributed by atoms with E-state index in [4.69, 9.17) is 14.2 Å². The molecule has 0 N–H and O–H groups in total. The summed E-state index contributed by atoms with van der Waals surface area (Å²) in [5.41, 5.74) is 0. The Balaban J connectivity index is 4.48. The number of unbranched alkanes of at least 4 members (excludes halogenated alkanes) is 22. The van der Waals surface area contributed by atoms with Gasteiger partial charge in [-0.15, -0.1) is 0 Å². The lowest BCUT2D eigenvalue weighted by molar-refractivity contribution is -0.166. The fourth-order valence-corrected chi connectivity index (χ4v) is 6.51. The molecule has 1 atom stereocenters. The third kappa shape index (κ3) is 44.1. The highest BCUT2D eigenvalue weighted by Crippen LogP contribution is 2.15. The van der Waals surface area contributed by atoms with E-state index in [9.17, 15) is 14.4 Å². The summed E-state index contributed by atoms with van der Waals surface area (Å²) in [4.78, 5) is 37.7. The van der Waals surface area contributed by atoms with Gasteiger partial charge < -0.3 is 14.2 Å². The monoisotopic (exact) mass is 797 g/mol. The van der Waals surface area contributed by atoms with Gasteiger partial charge in [0.25, 0.3) is 0 Å². The Kier molecular flexibility index (Phi) is 43.5. The molecule has 0 rings (SSSR count). The third-order valence-corrected chi connectivity index (χ3v) is 10.1. The summed E-state index contributed by atoms with van der Waals surface area (Å²) in [5.74, 6) is -1.03. The first-order valence-electron chi connectivity index (χ1n) is 23.8. The van der Waals surface area contributed by atoms with Gasteiger partial charge in [-0.05, 0) is 44.9 Å². The van der Waals surface area contributed by atoms with Crippen LogP contribution in [0.3, 0.4) is 0 Å². The van der Waals surface area contributed by atoms with Crippen molar-refractivity contribution in [2.24, 2.45) is 0 Å². The summed E-state index contributed by atoms with van der Waals surface area (Å²) in [6.07, 6.45) is 55.1. The Hall–Kier alpha value is -2.89. The van der Waals surface area contributed by atoms with E-state index in [1.165, 1.54) is 116 Å². The topological polar surface area (TPSA) is 78.9 Å². The fraction of sp³-hybridized carbons (Fsp3) is 0.745. The lowest BCUT2D eigenvalue weighted by Gasteiger charge is -2.18. The Morgan fingerprint density at radius 1 is 0.368 bits per heavy atom. The Labute approximate surface area is 351 Å². The number of rotatable bonds is 42. The number of hydrogen-bond donors (Lipinski definition) is 0. The average molecular weight is 797 g/mol. The van der Waals surface area contributed by atoms with Crippen LogP contribution >= 0.6 is 0 Å². The van der Waals surface area contributed by atoms with Gasteiger partial charge in [-0.2, -0.15) is 0 Å². The maximum atomic E-state index is 12.7. The van der Waals surface area contributed by atoms with Crippen LogP contribution in [0.15, 0.2) is 60.8 Å². The molecule has 0 aromatic heterocycles. The highest BCUT2D eigenvalue weighted by Gasteiger charge is 2.19. The van der Waals surface area contributed by atoms with Crippen molar-refractivity contribution in [1.29, 1.82) is 0 Å². The molecular weight excluding hydrogens is 709 g/mol. The minimum Gasteiger partial charge on any atom is -0.462 e. The molecule has 57 heavy (non-hydrogen) atoms. The van der Waals surface area contributed by atoms with E-state index in [2.05, 4.69) is 69.4 Å². The molecular formula is C51H88O6. The molecule has 0 saturated heterocycles. The van der Waals surface area contributed by atoms with Crippen LogP contribution in [0.1, 0.15) is 226 Å². The largest absolute Gasteiger partial charge is 0.462 e. The van der Waals surface area contributed by atoms with Crippen LogP contribution in [-0.4, -0.2) is 37.2 Å². The summed E-state index contributed by atoms with van der Waals surface area (Å²) >= 11 is 0. The number of allylic oxidation sites excluding steroid dienone is 9. The van der Waals surface area contributed by atoms with E-state index >= 15 is 0 Å². The SMILES string of the molecule is CC/C=C\C/C=C\C/C=C\C/C=C\C/C=C\CC(=O)OCC(COC(=O)CCCCCCCCCCCC)OC(=O)CCCCCCCCCCCCCCCC. The normalized spacial score (nSPS) is 12.5. The van der Waals surface area contributed by atoms with Gasteiger partial charge in [-0.1, -0.05) is 223 Å². The van der Waals surface area contributed by atoms with Crippen molar-refractivity contribution < 1.29 is 28.6 Å². The zero-order valence-electron chi connectivity index (χ0n) is 37.3. The molecule has 0 aliphatic carbocycles. The van der Waals surface area contributed by atoms with E-state index in [0.717, 1.165) is 70.6 Å². The average Bonchev–Trinajstić information content (AvgIpc) is 3.21. The maximum Gasteiger partial charge on any atom is 0.309 e. The molecule has 0 spiro atoms. The van der Waals surface area contributed by atoms with Crippen molar-refractivity contribution in [2.75, 3.05) is 13.2 Å². The van der Waals surface area contributed by atoms with Gasteiger partial charge in [0, 0.05) is 12.8 Å². The minimum atomic E-state index is -0.807. The van der Waals surface area contributed by atoms with E-state index in [1.807, 2.05) is 6.08 Å². The highest BCUT2D eigenvalue weighted by molar-refractivity contribution is 5.72. The fourth-order valence-electron chi connectivity index (χ4n) is 6.51. The van der Waals surface area contributed by atoms with Crippen LogP contribution < -0.4 is 0 Å². The maximum absolute atomic E-state index is 12.7. The molecule has 0 aromatic carbocycles. The van der Waals surface area contributed by atoms with E-state index in [-0.39, 0.29) is 31.6 Å². The Bertz CT molecular complexity index is 1050. The molecule has 6 nitrogen and oxygen atoms in total. The predicted molar refractivity (Wildman–Crippen MR) is 242 cm³/mol. The van der Waals surface area contributed by atoms with Crippen LogP contribution in [0, 0.1) is 0 Å². The summed E-state index contributed by atoms with van der Waals surface area (Å²) in [5, 5.41) is 0. The molecule has 0 bridgehead atoms. The predicted octanol–water partition coefficient (Wildman–Crippen LogP) is 15.3. The molecule has 0 amide bonds. The van der Waals surface area contributed by atoms with Crippen molar-refractivity contribution in [3.8, 4) is 0 Å². The lowest BCUT2D eigenvalue weighted by Crippen LogP contribution is -2.30. The Morgan fingerprint density at radius 2 is 0.684 bits per heavy atom. The van der Waals surface area contributed by atoms with Crippen molar-refractivity contribution in [3.05, 3.63) is 60.8 Å².